The summed E-state index contributed by atoms with van der Waals surface area (Å²) in [6.45, 7) is 4.53. The zero-order valence-electron chi connectivity index (χ0n) is 13.7. The van der Waals surface area contributed by atoms with Crippen LogP contribution >= 0.6 is 0 Å². The fraction of sp³-hybridized carbons (Fsp3) is 0.571. The summed E-state index contributed by atoms with van der Waals surface area (Å²) in [4.78, 5) is 10.1. The number of sulfonamides is 1. The Kier molecular flexibility index (Phi) is 6.48. The maximum absolute atomic E-state index is 12.3. The van der Waals surface area contributed by atoms with Crippen LogP contribution < -0.4 is 9.46 Å². The third-order valence-corrected chi connectivity index (χ3v) is 4.78. The van der Waals surface area contributed by atoms with Crippen LogP contribution in [0.15, 0.2) is 23.1 Å². The van der Waals surface area contributed by atoms with Crippen LogP contribution in [0.3, 0.4) is 0 Å². The lowest BCUT2D eigenvalue weighted by Gasteiger charge is -2.24. The molecule has 0 aliphatic carbocycles. The van der Waals surface area contributed by atoms with E-state index in [1.165, 1.54) is 19.2 Å². The molecule has 0 spiro atoms. The van der Waals surface area contributed by atoms with E-state index in [2.05, 4.69) is 4.72 Å². The number of hydrogen-bond donors (Lipinski definition) is 1. The number of rotatable bonds is 9. The second kappa shape index (κ2) is 7.71. The molecule has 0 saturated heterocycles. The fourth-order valence-corrected chi connectivity index (χ4v) is 3.08. The molecule has 0 radical (unpaired) electrons. The Balaban J connectivity index is 2.96. The van der Waals surface area contributed by atoms with Gasteiger partial charge in [-0.3, -0.25) is 10.1 Å². The quantitative estimate of drug-likeness (QED) is 0.541. The molecule has 23 heavy (non-hydrogen) atoms. The Morgan fingerprint density at radius 2 is 1.96 bits per heavy atom. The summed E-state index contributed by atoms with van der Waals surface area (Å²) < 4.78 is 37.0. The van der Waals surface area contributed by atoms with Crippen LogP contribution in [-0.4, -0.2) is 40.7 Å². The van der Waals surface area contributed by atoms with Crippen LogP contribution in [0.5, 0.6) is 5.75 Å². The standard InChI is InChI=1S/C14H22N2O6S/c1-14(2,7-8-21-3)10-15-23(19,20)11-5-6-13(22-4)12(9-11)16(17)18/h5-6,9,15H,7-8,10H2,1-4H3. The molecule has 1 rings (SSSR count). The highest BCUT2D eigenvalue weighted by atomic mass is 32.2. The Bertz CT molecular complexity index is 657. The first-order valence-electron chi connectivity index (χ1n) is 6.94. The molecule has 0 saturated carbocycles. The van der Waals surface area contributed by atoms with Gasteiger partial charge in [-0.05, 0) is 24.0 Å². The molecule has 0 amide bonds. The van der Waals surface area contributed by atoms with E-state index >= 15 is 0 Å². The maximum atomic E-state index is 12.3. The van der Waals surface area contributed by atoms with Gasteiger partial charge in [0.2, 0.25) is 10.0 Å². The van der Waals surface area contributed by atoms with Crippen molar-refractivity contribution in [2.24, 2.45) is 5.41 Å². The number of methoxy groups -OCH3 is 2. The summed E-state index contributed by atoms with van der Waals surface area (Å²) in [5.74, 6) is 0.00868. The highest BCUT2D eigenvalue weighted by Crippen LogP contribution is 2.29. The van der Waals surface area contributed by atoms with E-state index in [4.69, 9.17) is 9.47 Å². The summed E-state index contributed by atoms with van der Waals surface area (Å²) in [5.41, 5.74) is -0.699. The van der Waals surface area contributed by atoms with Gasteiger partial charge in [-0.2, -0.15) is 0 Å². The molecule has 0 bridgehead atoms. The van der Waals surface area contributed by atoms with Crippen molar-refractivity contribution < 1.29 is 22.8 Å². The molecule has 1 aromatic carbocycles. The average Bonchev–Trinajstić information content (AvgIpc) is 2.50. The molecule has 0 aromatic heterocycles. The number of hydrogen-bond acceptors (Lipinski definition) is 6. The van der Waals surface area contributed by atoms with Crippen molar-refractivity contribution in [2.75, 3.05) is 27.4 Å². The first-order chi connectivity index (χ1) is 10.6. The van der Waals surface area contributed by atoms with Gasteiger partial charge in [0.1, 0.15) is 0 Å². The topological polar surface area (TPSA) is 108 Å². The minimum Gasteiger partial charge on any atom is -0.490 e. The van der Waals surface area contributed by atoms with Gasteiger partial charge in [0.05, 0.1) is 16.9 Å². The van der Waals surface area contributed by atoms with Crippen molar-refractivity contribution >= 4 is 15.7 Å². The van der Waals surface area contributed by atoms with Gasteiger partial charge < -0.3 is 9.47 Å². The van der Waals surface area contributed by atoms with Crippen molar-refractivity contribution in [1.82, 2.24) is 4.72 Å². The molecule has 1 aromatic rings. The lowest BCUT2D eigenvalue weighted by molar-refractivity contribution is -0.386. The Labute approximate surface area is 136 Å². The van der Waals surface area contributed by atoms with Gasteiger partial charge in [0.25, 0.3) is 0 Å². The monoisotopic (exact) mass is 346 g/mol. The number of nitro benzene ring substituents is 1. The van der Waals surface area contributed by atoms with E-state index in [1.54, 1.807) is 7.11 Å². The highest BCUT2D eigenvalue weighted by molar-refractivity contribution is 7.89. The molecule has 0 aliphatic rings. The van der Waals surface area contributed by atoms with E-state index in [9.17, 15) is 18.5 Å². The van der Waals surface area contributed by atoms with Crippen LogP contribution in [0.4, 0.5) is 5.69 Å². The second-order valence-corrected chi connectivity index (χ2v) is 7.59. The predicted molar refractivity (Wildman–Crippen MR) is 85.1 cm³/mol. The fourth-order valence-electron chi connectivity index (χ4n) is 1.82. The zero-order valence-corrected chi connectivity index (χ0v) is 14.5. The SMILES string of the molecule is COCCC(C)(C)CNS(=O)(=O)c1ccc(OC)c([N+](=O)[O-])c1. The van der Waals surface area contributed by atoms with E-state index in [1.807, 2.05) is 13.8 Å². The maximum Gasteiger partial charge on any atom is 0.312 e. The van der Waals surface area contributed by atoms with Crippen LogP contribution in [0.1, 0.15) is 20.3 Å². The average molecular weight is 346 g/mol. The minimum atomic E-state index is -3.85. The molecule has 0 unspecified atom stereocenters. The Morgan fingerprint density at radius 1 is 1.30 bits per heavy atom. The van der Waals surface area contributed by atoms with E-state index in [0.717, 1.165) is 6.07 Å². The van der Waals surface area contributed by atoms with E-state index in [0.29, 0.717) is 13.0 Å². The number of nitrogens with one attached hydrogen (secondary N) is 1. The molecule has 0 aliphatic heterocycles. The first kappa shape index (κ1) is 19.3. The number of nitro groups is 1. The Hall–Kier alpha value is -1.71. The highest BCUT2D eigenvalue weighted by Gasteiger charge is 2.25. The minimum absolute atomic E-state index is 0.00868. The molecular formula is C14H22N2O6S. The second-order valence-electron chi connectivity index (χ2n) is 5.82. The summed E-state index contributed by atoms with van der Waals surface area (Å²) in [6, 6.07) is 3.53. The molecule has 130 valence electrons. The molecular weight excluding hydrogens is 324 g/mol. The van der Waals surface area contributed by atoms with Gasteiger partial charge >= 0.3 is 5.69 Å². The normalized spacial score (nSPS) is 12.2. The lowest BCUT2D eigenvalue weighted by atomic mass is 9.90. The summed E-state index contributed by atoms with van der Waals surface area (Å²) in [5, 5.41) is 11.0. The molecule has 8 nitrogen and oxygen atoms in total. The van der Waals surface area contributed by atoms with Crippen molar-refractivity contribution in [1.29, 1.82) is 0 Å². The van der Waals surface area contributed by atoms with Gasteiger partial charge in [-0.1, -0.05) is 13.8 Å². The summed E-state index contributed by atoms with van der Waals surface area (Å²) in [7, 11) is -0.985. The van der Waals surface area contributed by atoms with Gasteiger partial charge in [0, 0.05) is 26.3 Å². The summed E-state index contributed by atoms with van der Waals surface area (Å²) >= 11 is 0. The summed E-state index contributed by atoms with van der Waals surface area (Å²) in [6.07, 6.45) is 0.675. The zero-order chi connectivity index (χ0) is 17.7. The third-order valence-electron chi connectivity index (χ3n) is 3.38. The van der Waals surface area contributed by atoms with Gasteiger partial charge in [-0.25, -0.2) is 13.1 Å². The molecule has 0 fully saturated rings. The molecule has 9 heteroatoms. The van der Waals surface area contributed by atoms with Crippen LogP contribution in [0, 0.1) is 15.5 Å². The largest absolute Gasteiger partial charge is 0.490 e. The molecule has 0 atom stereocenters. The van der Waals surface area contributed by atoms with Crippen LogP contribution in [0.25, 0.3) is 0 Å². The molecule has 0 heterocycles. The smallest absolute Gasteiger partial charge is 0.312 e. The van der Waals surface area contributed by atoms with E-state index in [-0.39, 0.29) is 22.6 Å². The van der Waals surface area contributed by atoms with Crippen molar-refractivity contribution in [3.05, 3.63) is 28.3 Å². The van der Waals surface area contributed by atoms with Gasteiger partial charge in [0.15, 0.2) is 5.75 Å². The number of benzene rings is 1. The lowest BCUT2D eigenvalue weighted by Crippen LogP contribution is -2.34. The van der Waals surface area contributed by atoms with E-state index < -0.39 is 20.6 Å². The van der Waals surface area contributed by atoms with Crippen molar-refractivity contribution in [3.63, 3.8) is 0 Å². The molecule has 1 N–H and O–H groups in total. The number of ether oxygens (including phenoxy) is 2. The predicted octanol–water partition coefficient (Wildman–Crippen LogP) is 1.94. The Morgan fingerprint density at radius 3 is 2.48 bits per heavy atom. The number of nitrogens with zero attached hydrogens (tertiary/aromatic N) is 1. The third kappa shape index (κ3) is 5.45. The van der Waals surface area contributed by atoms with Crippen molar-refractivity contribution in [3.8, 4) is 5.75 Å². The van der Waals surface area contributed by atoms with Crippen LogP contribution in [-0.2, 0) is 14.8 Å². The van der Waals surface area contributed by atoms with Gasteiger partial charge in [-0.15, -0.1) is 0 Å². The first-order valence-corrected chi connectivity index (χ1v) is 8.42. The van der Waals surface area contributed by atoms with Crippen LogP contribution in [0.2, 0.25) is 0 Å². The van der Waals surface area contributed by atoms with Crippen molar-refractivity contribution in [2.45, 2.75) is 25.2 Å².